The molecule has 0 atom stereocenters. The van der Waals surface area contributed by atoms with Crippen molar-refractivity contribution in [1.82, 2.24) is 9.55 Å². The summed E-state index contributed by atoms with van der Waals surface area (Å²) in [5.74, 6) is 0. The van der Waals surface area contributed by atoms with Gasteiger partial charge >= 0.3 is 0 Å². The van der Waals surface area contributed by atoms with Gasteiger partial charge in [0.2, 0.25) is 0 Å². The summed E-state index contributed by atoms with van der Waals surface area (Å²) in [5.41, 5.74) is 4.44. The van der Waals surface area contributed by atoms with Crippen molar-refractivity contribution in [2.75, 3.05) is 0 Å². The van der Waals surface area contributed by atoms with E-state index in [4.69, 9.17) is 23.2 Å². The molecule has 3 nitrogen and oxygen atoms in total. The zero-order valence-electron chi connectivity index (χ0n) is 14.9. The fourth-order valence-electron chi connectivity index (χ4n) is 3.18. The van der Waals surface area contributed by atoms with Crippen molar-refractivity contribution in [1.29, 1.82) is 0 Å². The molecule has 0 unspecified atom stereocenters. The quantitative estimate of drug-likeness (QED) is 0.445. The van der Waals surface area contributed by atoms with Crippen molar-refractivity contribution in [3.05, 3.63) is 82.6 Å². The SMILES string of the molecule is CC(C)(O)c1ccc2c(c1)ncn2-c1cccc(-c2c(Cl)cccc2Cl)c1. The molecule has 3 aromatic carbocycles. The van der Waals surface area contributed by atoms with Gasteiger partial charge in [0.05, 0.1) is 16.6 Å². The summed E-state index contributed by atoms with van der Waals surface area (Å²) in [6, 6.07) is 19.3. The van der Waals surface area contributed by atoms with Crippen LogP contribution in [0.15, 0.2) is 67.0 Å². The number of halogens is 2. The first kappa shape index (κ1) is 18.1. The van der Waals surface area contributed by atoms with E-state index in [1.54, 1.807) is 20.2 Å². The van der Waals surface area contributed by atoms with Gasteiger partial charge in [-0.2, -0.15) is 0 Å². The molecule has 0 aliphatic carbocycles. The van der Waals surface area contributed by atoms with Crippen molar-refractivity contribution in [3.8, 4) is 16.8 Å². The smallest absolute Gasteiger partial charge is 0.100 e. The van der Waals surface area contributed by atoms with Crippen molar-refractivity contribution in [3.63, 3.8) is 0 Å². The minimum Gasteiger partial charge on any atom is -0.386 e. The number of hydrogen-bond donors (Lipinski definition) is 1. The lowest BCUT2D eigenvalue weighted by Gasteiger charge is -2.17. The van der Waals surface area contributed by atoms with E-state index in [1.165, 1.54) is 0 Å². The summed E-state index contributed by atoms with van der Waals surface area (Å²) in [5, 5.41) is 11.5. The Labute approximate surface area is 167 Å². The van der Waals surface area contributed by atoms with E-state index in [2.05, 4.69) is 4.98 Å². The number of aliphatic hydroxyl groups is 1. The number of aromatic nitrogens is 2. The number of imidazole rings is 1. The summed E-state index contributed by atoms with van der Waals surface area (Å²) in [6.07, 6.45) is 1.78. The second kappa shape index (κ2) is 6.68. The molecule has 0 aliphatic rings. The van der Waals surface area contributed by atoms with Gasteiger partial charge in [-0.25, -0.2) is 4.98 Å². The molecule has 4 rings (SSSR count). The van der Waals surface area contributed by atoms with Gasteiger partial charge in [-0.3, -0.25) is 4.57 Å². The van der Waals surface area contributed by atoms with E-state index in [1.807, 2.05) is 65.2 Å². The highest BCUT2D eigenvalue weighted by Crippen LogP contribution is 2.35. The third-order valence-corrected chi connectivity index (χ3v) is 5.26. The summed E-state index contributed by atoms with van der Waals surface area (Å²) in [4.78, 5) is 4.51. The highest BCUT2D eigenvalue weighted by atomic mass is 35.5. The molecule has 0 fully saturated rings. The van der Waals surface area contributed by atoms with E-state index >= 15 is 0 Å². The van der Waals surface area contributed by atoms with Crippen LogP contribution < -0.4 is 0 Å². The zero-order chi connectivity index (χ0) is 19.2. The lowest BCUT2D eigenvalue weighted by atomic mass is 9.98. The number of rotatable bonds is 3. The molecule has 1 N–H and O–H groups in total. The normalized spacial score (nSPS) is 11.9. The lowest BCUT2D eigenvalue weighted by Crippen LogP contribution is -2.15. The van der Waals surface area contributed by atoms with Gasteiger partial charge in [-0.15, -0.1) is 0 Å². The van der Waals surface area contributed by atoms with Crippen LogP contribution in [0.4, 0.5) is 0 Å². The Kier molecular flexibility index (Phi) is 4.47. The Balaban J connectivity index is 1.83. The van der Waals surface area contributed by atoms with E-state index in [0.717, 1.165) is 33.4 Å². The van der Waals surface area contributed by atoms with Gasteiger partial charge in [-0.1, -0.05) is 47.5 Å². The first-order valence-electron chi connectivity index (χ1n) is 8.59. The monoisotopic (exact) mass is 396 g/mol. The van der Waals surface area contributed by atoms with Gasteiger partial charge in [0.25, 0.3) is 0 Å². The number of fused-ring (bicyclic) bond motifs is 1. The van der Waals surface area contributed by atoms with Crippen LogP contribution in [0.25, 0.3) is 27.8 Å². The molecule has 136 valence electrons. The molecule has 0 spiro atoms. The van der Waals surface area contributed by atoms with Crippen LogP contribution in [0.5, 0.6) is 0 Å². The zero-order valence-corrected chi connectivity index (χ0v) is 16.5. The molecule has 0 amide bonds. The van der Waals surface area contributed by atoms with Crippen LogP contribution in [-0.2, 0) is 5.60 Å². The van der Waals surface area contributed by atoms with Crippen LogP contribution in [0.3, 0.4) is 0 Å². The third-order valence-electron chi connectivity index (χ3n) is 4.63. The average molecular weight is 397 g/mol. The maximum atomic E-state index is 10.2. The molecule has 0 aliphatic heterocycles. The van der Waals surface area contributed by atoms with Gasteiger partial charge in [0.1, 0.15) is 6.33 Å². The summed E-state index contributed by atoms with van der Waals surface area (Å²) in [6.45, 7) is 3.53. The predicted molar refractivity (Wildman–Crippen MR) is 112 cm³/mol. The minimum absolute atomic E-state index is 0.616. The molecule has 4 aromatic rings. The van der Waals surface area contributed by atoms with Crippen LogP contribution in [0.1, 0.15) is 19.4 Å². The van der Waals surface area contributed by atoms with Crippen molar-refractivity contribution in [2.24, 2.45) is 0 Å². The molecule has 27 heavy (non-hydrogen) atoms. The molecular formula is C22H18Cl2N2O. The average Bonchev–Trinajstić information content (AvgIpc) is 3.04. The van der Waals surface area contributed by atoms with Gasteiger partial charge in [0, 0.05) is 21.3 Å². The standard InChI is InChI=1S/C22H18Cl2N2O/c1-22(2,27)15-9-10-20-19(12-15)25-13-26(20)16-6-3-5-14(11-16)21-17(23)7-4-8-18(21)24/h3-13,27H,1-2H3. The van der Waals surface area contributed by atoms with Gasteiger partial charge in [-0.05, 0) is 61.4 Å². The highest BCUT2D eigenvalue weighted by molar-refractivity contribution is 6.39. The highest BCUT2D eigenvalue weighted by Gasteiger charge is 2.17. The van der Waals surface area contributed by atoms with Crippen LogP contribution in [0.2, 0.25) is 10.0 Å². The fourth-order valence-corrected chi connectivity index (χ4v) is 3.80. The summed E-state index contributed by atoms with van der Waals surface area (Å²) in [7, 11) is 0. The van der Waals surface area contributed by atoms with Crippen LogP contribution in [0, 0.1) is 0 Å². The van der Waals surface area contributed by atoms with Gasteiger partial charge in [0.15, 0.2) is 0 Å². The van der Waals surface area contributed by atoms with Crippen molar-refractivity contribution < 1.29 is 5.11 Å². The first-order valence-corrected chi connectivity index (χ1v) is 9.35. The van der Waals surface area contributed by atoms with Crippen molar-refractivity contribution >= 4 is 34.2 Å². The second-order valence-electron chi connectivity index (χ2n) is 7.02. The third kappa shape index (κ3) is 3.34. The molecule has 0 radical (unpaired) electrons. The number of benzene rings is 3. The Morgan fingerprint density at radius 2 is 1.63 bits per heavy atom. The fraction of sp³-hybridized carbons (Fsp3) is 0.136. The first-order chi connectivity index (χ1) is 12.8. The van der Waals surface area contributed by atoms with E-state index < -0.39 is 5.60 Å². The Hall–Kier alpha value is -2.33. The molecule has 1 heterocycles. The van der Waals surface area contributed by atoms with Gasteiger partial charge < -0.3 is 5.11 Å². The van der Waals surface area contributed by atoms with Crippen molar-refractivity contribution in [2.45, 2.75) is 19.4 Å². The topological polar surface area (TPSA) is 38.1 Å². The second-order valence-corrected chi connectivity index (χ2v) is 7.84. The maximum Gasteiger partial charge on any atom is 0.100 e. The van der Waals surface area contributed by atoms with Crippen LogP contribution >= 0.6 is 23.2 Å². The molecule has 0 bridgehead atoms. The minimum atomic E-state index is -0.904. The van der Waals surface area contributed by atoms with E-state index in [-0.39, 0.29) is 0 Å². The lowest BCUT2D eigenvalue weighted by molar-refractivity contribution is 0.0787. The maximum absolute atomic E-state index is 10.2. The molecule has 1 aromatic heterocycles. The van der Waals surface area contributed by atoms with E-state index in [9.17, 15) is 5.11 Å². The Bertz CT molecular complexity index is 1120. The van der Waals surface area contributed by atoms with Crippen LogP contribution in [-0.4, -0.2) is 14.7 Å². The van der Waals surface area contributed by atoms with E-state index in [0.29, 0.717) is 10.0 Å². The Morgan fingerprint density at radius 3 is 2.33 bits per heavy atom. The largest absolute Gasteiger partial charge is 0.386 e. The molecule has 5 heteroatoms. The summed E-state index contributed by atoms with van der Waals surface area (Å²) < 4.78 is 2.01. The molecule has 0 saturated heterocycles. The number of hydrogen-bond acceptors (Lipinski definition) is 2. The molecule has 0 saturated carbocycles. The molecular weight excluding hydrogens is 379 g/mol. The summed E-state index contributed by atoms with van der Waals surface area (Å²) >= 11 is 12.7. The number of nitrogens with zero attached hydrogens (tertiary/aromatic N) is 2. The predicted octanol–water partition coefficient (Wildman–Crippen LogP) is 6.23. The Morgan fingerprint density at radius 1 is 0.926 bits per heavy atom.